The third kappa shape index (κ3) is 4.34. The average Bonchev–Trinajstić information content (AvgIpc) is 3.19. The number of thiol groups is 1. The molecule has 3 aliphatic rings. The van der Waals surface area contributed by atoms with Crippen LogP contribution in [0.4, 0.5) is 4.39 Å². The maximum Gasteiger partial charge on any atom is 0.243 e. The van der Waals surface area contributed by atoms with Gasteiger partial charge in [-0.25, -0.2) is 4.39 Å². The molecule has 2 aromatic carbocycles. The van der Waals surface area contributed by atoms with Crippen LogP contribution < -0.4 is 5.32 Å². The number of amides is 2. The van der Waals surface area contributed by atoms with E-state index in [1.54, 1.807) is 6.20 Å². The van der Waals surface area contributed by atoms with Gasteiger partial charge in [0.1, 0.15) is 5.82 Å². The van der Waals surface area contributed by atoms with Crippen LogP contribution in [0.3, 0.4) is 0 Å². The highest BCUT2D eigenvalue weighted by Gasteiger charge is 2.39. The van der Waals surface area contributed by atoms with E-state index in [4.69, 9.17) is 12.6 Å². The van der Waals surface area contributed by atoms with Gasteiger partial charge in [0.15, 0.2) is 0 Å². The molecule has 1 fully saturated rings. The third-order valence-electron chi connectivity index (χ3n) is 7.51. The largest absolute Gasteiger partial charge is 0.295 e. The SMILES string of the molecule is O=C1CCC(N2Cc3cc(CN4CC=C(c5ccnc6cc(F)ccc56)CC4)ccc3C2S)C(=O)N1. The highest BCUT2D eigenvalue weighted by molar-refractivity contribution is 7.80. The van der Waals surface area contributed by atoms with Gasteiger partial charge in [0, 0.05) is 50.2 Å². The topological polar surface area (TPSA) is 65.5 Å². The van der Waals surface area contributed by atoms with Gasteiger partial charge in [-0.05, 0) is 58.9 Å². The molecule has 36 heavy (non-hydrogen) atoms. The fourth-order valence-corrected chi connectivity index (χ4v) is 6.14. The molecule has 0 radical (unpaired) electrons. The van der Waals surface area contributed by atoms with Crippen molar-refractivity contribution in [1.82, 2.24) is 20.1 Å². The first kappa shape index (κ1) is 23.3. The second-order valence-corrected chi connectivity index (χ2v) is 10.3. The van der Waals surface area contributed by atoms with Crippen molar-refractivity contribution >= 4 is 40.9 Å². The van der Waals surface area contributed by atoms with Crippen molar-refractivity contribution in [3.8, 4) is 0 Å². The second-order valence-electron chi connectivity index (χ2n) is 9.78. The van der Waals surface area contributed by atoms with Gasteiger partial charge in [0.05, 0.1) is 16.9 Å². The molecule has 0 spiro atoms. The Morgan fingerprint density at radius 2 is 2.00 bits per heavy atom. The van der Waals surface area contributed by atoms with E-state index in [1.165, 1.54) is 28.8 Å². The highest BCUT2D eigenvalue weighted by atomic mass is 32.1. The molecule has 1 N–H and O–H groups in total. The van der Waals surface area contributed by atoms with E-state index >= 15 is 0 Å². The van der Waals surface area contributed by atoms with E-state index in [-0.39, 0.29) is 29.0 Å². The van der Waals surface area contributed by atoms with Gasteiger partial charge in [0.2, 0.25) is 11.8 Å². The zero-order valence-electron chi connectivity index (χ0n) is 19.8. The smallest absolute Gasteiger partial charge is 0.243 e. The summed E-state index contributed by atoms with van der Waals surface area (Å²) in [7, 11) is 0. The number of rotatable bonds is 4. The summed E-state index contributed by atoms with van der Waals surface area (Å²) >= 11 is 4.80. The molecule has 0 aliphatic carbocycles. The minimum atomic E-state index is -0.326. The molecule has 6 rings (SSSR count). The van der Waals surface area contributed by atoms with Crippen molar-refractivity contribution in [2.75, 3.05) is 13.1 Å². The maximum absolute atomic E-state index is 13.6. The minimum Gasteiger partial charge on any atom is -0.295 e. The van der Waals surface area contributed by atoms with Crippen molar-refractivity contribution in [3.63, 3.8) is 0 Å². The first-order valence-electron chi connectivity index (χ1n) is 12.3. The van der Waals surface area contributed by atoms with Crippen LogP contribution in [-0.2, 0) is 22.7 Å². The first-order valence-corrected chi connectivity index (χ1v) is 12.8. The van der Waals surface area contributed by atoms with Gasteiger partial charge in [0.25, 0.3) is 0 Å². The van der Waals surface area contributed by atoms with Crippen LogP contribution in [0.2, 0.25) is 0 Å². The Hall–Kier alpha value is -3.07. The summed E-state index contributed by atoms with van der Waals surface area (Å²) in [5.74, 6) is -0.688. The number of nitrogens with one attached hydrogen (secondary N) is 1. The van der Waals surface area contributed by atoms with Crippen molar-refractivity contribution in [3.05, 3.63) is 82.8 Å². The molecule has 1 aromatic heterocycles. The average molecular weight is 503 g/mol. The van der Waals surface area contributed by atoms with E-state index in [1.807, 2.05) is 12.1 Å². The number of halogens is 1. The fraction of sp³-hybridized carbons (Fsp3) is 0.321. The van der Waals surface area contributed by atoms with Gasteiger partial charge in [-0.15, -0.1) is 0 Å². The van der Waals surface area contributed by atoms with Crippen molar-refractivity contribution < 1.29 is 14.0 Å². The van der Waals surface area contributed by atoms with Gasteiger partial charge in [-0.3, -0.25) is 29.7 Å². The predicted molar refractivity (Wildman–Crippen MR) is 139 cm³/mol. The van der Waals surface area contributed by atoms with E-state index in [2.05, 4.69) is 44.4 Å². The number of aromatic nitrogens is 1. The summed E-state index contributed by atoms with van der Waals surface area (Å²) in [5, 5.41) is 3.30. The van der Waals surface area contributed by atoms with Crippen LogP contribution in [0.15, 0.2) is 54.7 Å². The lowest BCUT2D eigenvalue weighted by Crippen LogP contribution is -2.51. The monoisotopic (exact) mass is 502 g/mol. The Kier molecular flexibility index (Phi) is 6.11. The Balaban J connectivity index is 1.14. The van der Waals surface area contributed by atoms with Crippen molar-refractivity contribution in [2.45, 2.75) is 43.8 Å². The molecule has 8 heteroatoms. The van der Waals surface area contributed by atoms with Crippen molar-refractivity contribution in [1.29, 1.82) is 0 Å². The summed E-state index contributed by atoms with van der Waals surface area (Å²) in [4.78, 5) is 32.8. The van der Waals surface area contributed by atoms with Gasteiger partial charge in [-0.1, -0.05) is 24.3 Å². The second kappa shape index (κ2) is 9.42. The number of hydrogen-bond donors (Lipinski definition) is 2. The van der Waals surface area contributed by atoms with Gasteiger partial charge >= 0.3 is 0 Å². The summed E-state index contributed by atoms with van der Waals surface area (Å²) in [6.07, 6.45) is 5.84. The van der Waals surface area contributed by atoms with Crippen molar-refractivity contribution in [2.24, 2.45) is 0 Å². The Morgan fingerprint density at radius 1 is 1.11 bits per heavy atom. The van der Waals surface area contributed by atoms with Crippen LogP contribution in [0.25, 0.3) is 16.5 Å². The molecule has 3 aromatic rings. The molecular weight excluding hydrogens is 475 g/mol. The van der Waals surface area contributed by atoms with Gasteiger partial charge < -0.3 is 0 Å². The van der Waals surface area contributed by atoms with E-state index in [9.17, 15) is 14.0 Å². The Morgan fingerprint density at radius 3 is 2.81 bits per heavy atom. The number of fused-ring (bicyclic) bond motifs is 2. The van der Waals surface area contributed by atoms with Crippen LogP contribution in [0.1, 0.15) is 46.9 Å². The quantitative estimate of drug-likeness (QED) is 0.413. The molecule has 0 saturated carbocycles. The predicted octanol–water partition coefficient (Wildman–Crippen LogP) is 4.21. The molecule has 2 unspecified atom stereocenters. The maximum atomic E-state index is 13.6. The van der Waals surface area contributed by atoms with Crippen LogP contribution in [0.5, 0.6) is 0 Å². The van der Waals surface area contributed by atoms with Crippen LogP contribution in [-0.4, -0.2) is 45.7 Å². The molecule has 184 valence electrons. The summed E-state index contributed by atoms with van der Waals surface area (Å²) in [5.41, 5.74) is 6.65. The van der Waals surface area contributed by atoms with Crippen LogP contribution >= 0.6 is 12.6 Å². The number of pyridine rings is 1. The standard InChI is InChI=1S/C28H27FN4O2S/c29-20-2-4-23-21(7-10-30-24(23)14-20)18-8-11-32(12-9-18)15-17-1-3-22-19(13-17)16-33(28(22)36)25-5-6-26(34)31-27(25)35/h1-4,7-8,10,13-14,25,28,36H,5-6,9,11-12,15-16H2,(H,31,34,35). The highest BCUT2D eigenvalue weighted by Crippen LogP contribution is 2.39. The molecular formula is C28H27FN4O2S. The zero-order chi connectivity index (χ0) is 24.8. The minimum absolute atomic E-state index is 0.151. The number of imide groups is 1. The number of hydrogen-bond acceptors (Lipinski definition) is 6. The first-order chi connectivity index (χ1) is 17.5. The van der Waals surface area contributed by atoms with E-state index in [0.717, 1.165) is 42.6 Å². The lowest BCUT2D eigenvalue weighted by molar-refractivity contribution is -0.137. The Bertz CT molecular complexity index is 1410. The summed E-state index contributed by atoms with van der Waals surface area (Å²) < 4.78 is 13.6. The third-order valence-corrected chi connectivity index (χ3v) is 8.09. The number of carbonyl (C=O) groups is 2. The van der Waals surface area contributed by atoms with Gasteiger partial charge in [-0.2, -0.15) is 12.6 Å². The number of nitrogens with zero attached hydrogens (tertiary/aromatic N) is 3. The summed E-state index contributed by atoms with van der Waals surface area (Å²) in [6.45, 7) is 3.28. The lowest BCUT2D eigenvalue weighted by Gasteiger charge is -2.32. The summed E-state index contributed by atoms with van der Waals surface area (Å²) in [6, 6.07) is 13.0. The normalized spacial score (nSPS) is 23.0. The fourth-order valence-electron chi connectivity index (χ4n) is 5.65. The molecule has 3 aliphatic heterocycles. The molecule has 1 saturated heterocycles. The molecule has 0 bridgehead atoms. The van der Waals surface area contributed by atoms with Crippen LogP contribution in [0, 0.1) is 5.82 Å². The molecule has 2 amide bonds. The lowest BCUT2D eigenvalue weighted by atomic mass is 9.96. The Labute approximate surface area is 214 Å². The number of piperidine rings is 1. The zero-order valence-corrected chi connectivity index (χ0v) is 20.7. The number of benzene rings is 2. The molecule has 4 heterocycles. The molecule has 2 atom stereocenters. The van der Waals surface area contributed by atoms with E-state index in [0.29, 0.717) is 24.9 Å². The number of carbonyl (C=O) groups excluding carboxylic acids is 2. The van der Waals surface area contributed by atoms with E-state index < -0.39 is 0 Å². The molecule has 6 nitrogen and oxygen atoms in total.